The number of nitrogens with one attached hydrogen (secondary N) is 1. The lowest BCUT2D eigenvalue weighted by Crippen LogP contribution is -2.48. The highest BCUT2D eigenvalue weighted by molar-refractivity contribution is 14.1. The maximum absolute atomic E-state index is 14.3. The summed E-state index contributed by atoms with van der Waals surface area (Å²) in [6.07, 6.45) is 1.09. The quantitative estimate of drug-likeness (QED) is 0.529. The Kier molecular flexibility index (Phi) is 6.28. The molecule has 166 valence electrons. The first kappa shape index (κ1) is 22.5. The zero-order valence-corrected chi connectivity index (χ0v) is 19.2. The van der Waals surface area contributed by atoms with Gasteiger partial charge in [0.05, 0.1) is 9.26 Å². The van der Waals surface area contributed by atoms with E-state index in [0.717, 1.165) is 12.1 Å². The first-order chi connectivity index (χ1) is 14.7. The molecule has 5 nitrogen and oxygen atoms in total. The first-order valence-corrected chi connectivity index (χ1v) is 11.2. The van der Waals surface area contributed by atoms with Crippen LogP contribution in [0.25, 0.3) is 0 Å². The maximum atomic E-state index is 14.3. The van der Waals surface area contributed by atoms with Gasteiger partial charge in [0.15, 0.2) is 11.6 Å². The zero-order valence-electron chi connectivity index (χ0n) is 16.3. The van der Waals surface area contributed by atoms with Crippen molar-refractivity contribution in [3.05, 3.63) is 49.8 Å². The number of aliphatic hydroxyl groups is 1. The highest BCUT2D eigenvalue weighted by atomic mass is 127. The summed E-state index contributed by atoms with van der Waals surface area (Å²) in [7, 11) is 0. The van der Waals surface area contributed by atoms with Crippen LogP contribution in [0, 0.1) is 21.0 Å². The van der Waals surface area contributed by atoms with Gasteiger partial charge in [0.1, 0.15) is 29.5 Å². The van der Waals surface area contributed by atoms with Gasteiger partial charge in [-0.05, 0) is 54.0 Å². The van der Waals surface area contributed by atoms with E-state index in [4.69, 9.17) is 16.3 Å². The molecular weight excluding hydrogens is 548 g/mol. The molecule has 1 amide bonds. The number of carbonyl (C=O) groups excluding carboxylic acids is 1. The number of ether oxygens (including phenoxy) is 1. The third-order valence-corrected chi connectivity index (χ3v) is 6.91. The number of hydrogen-bond acceptors (Lipinski definition) is 4. The molecule has 0 radical (unpaired) electrons. The molecule has 2 N–H and O–H groups in total. The Morgan fingerprint density at radius 1 is 1.13 bits per heavy atom. The maximum Gasteiger partial charge on any atom is 0.224 e. The Morgan fingerprint density at radius 2 is 1.77 bits per heavy atom. The molecule has 2 aromatic rings. The molecular formula is C21H19ClF3IN2O3. The van der Waals surface area contributed by atoms with Gasteiger partial charge in [-0.15, -0.1) is 0 Å². The number of carbonyl (C=O) groups is 1. The smallest absolute Gasteiger partial charge is 0.224 e. The molecule has 2 aliphatic heterocycles. The number of nitrogens with zero attached hydrogens (tertiary/aromatic N) is 1. The van der Waals surface area contributed by atoms with E-state index in [-0.39, 0.29) is 61.3 Å². The molecule has 2 aromatic carbocycles. The fourth-order valence-corrected chi connectivity index (χ4v) is 4.74. The second kappa shape index (κ2) is 8.67. The monoisotopic (exact) mass is 566 g/mol. The molecule has 10 heteroatoms. The van der Waals surface area contributed by atoms with Crippen molar-refractivity contribution >= 4 is 51.5 Å². The first-order valence-electron chi connectivity index (χ1n) is 9.72. The third kappa shape index (κ3) is 4.58. The average molecular weight is 567 g/mol. The lowest BCUT2D eigenvalue weighted by atomic mass is 9.92. The molecule has 0 atom stereocenters. The Balaban J connectivity index is 1.46. The van der Waals surface area contributed by atoms with Gasteiger partial charge >= 0.3 is 0 Å². The van der Waals surface area contributed by atoms with Crippen LogP contribution < -0.4 is 15.0 Å². The van der Waals surface area contributed by atoms with Crippen LogP contribution in [-0.4, -0.2) is 36.3 Å². The Bertz CT molecular complexity index is 1020. The van der Waals surface area contributed by atoms with E-state index in [1.807, 2.05) is 22.6 Å². The summed E-state index contributed by atoms with van der Waals surface area (Å²) in [5.41, 5.74) is -0.309. The SMILES string of the molecule is O=C1CCc2c(OCC3(O)CCN(c4c(F)cc(Cl)cc4F)CC3)cc(F)c(I)c2N1. The van der Waals surface area contributed by atoms with E-state index in [9.17, 15) is 23.1 Å². The second-order valence-corrected chi connectivity index (χ2v) is 9.31. The van der Waals surface area contributed by atoms with Gasteiger partial charge in [-0.25, -0.2) is 13.2 Å². The minimum absolute atomic E-state index is 0.0232. The van der Waals surface area contributed by atoms with Crippen molar-refractivity contribution in [3.63, 3.8) is 0 Å². The Hall–Kier alpha value is -1.72. The number of benzene rings is 2. The van der Waals surface area contributed by atoms with Crippen LogP contribution in [0.2, 0.25) is 5.02 Å². The van der Waals surface area contributed by atoms with Crippen LogP contribution in [0.4, 0.5) is 24.5 Å². The van der Waals surface area contributed by atoms with E-state index < -0.39 is 23.1 Å². The molecule has 0 unspecified atom stereocenters. The number of halogens is 5. The molecule has 0 aliphatic carbocycles. The van der Waals surface area contributed by atoms with Crippen LogP contribution in [0.3, 0.4) is 0 Å². The zero-order chi connectivity index (χ0) is 22.3. The van der Waals surface area contributed by atoms with Gasteiger partial charge in [-0.1, -0.05) is 11.6 Å². The van der Waals surface area contributed by atoms with Crippen LogP contribution in [-0.2, 0) is 11.2 Å². The van der Waals surface area contributed by atoms with Gasteiger partial charge < -0.3 is 20.1 Å². The van der Waals surface area contributed by atoms with Crippen molar-refractivity contribution in [3.8, 4) is 5.75 Å². The third-order valence-electron chi connectivity index (χ3n) is 5.64. The largest absolute Gasteiger partial charge is 0.490 e. The number of hydrogen-bond donors (Lipinski definition) is 2. The Morgan fingerprint density at radius 3 is 2.42 bits per heavy atom. The van der Waals surface area contributed by atoms with E-state index in [0.29, 0.717) is 21.2 Å². The molecule has 0 aromatic heterocycles. The summed E-state index contributed by atoms with van der Waals surface area (Å²) in [5, 5.41) is 13.6. The molecule has 0 bridgehead atoms. The van der Waals surface area contributed by atoms with Crippen LogP contribution in [0.1, 0.15) is 24.8 Å². The number of anilines is 2. The molecule has 2 aliphatic rings. The molecule has 4 rings (SSSR count). The van der Waals surface area contributed by atoms with E-state index in [2.05, 4.69) is 5.32 Å². The van der Waals surface area contributed by atoms with Crippen LogP contribution >= 0.6 is 34.2 Å². The van der Waals surface area contributed by atoms with Crippen molar-refractivity contribution in [2.75, 3.05) is 29.9 Å². The second-order valence-electron chi connectivity index (χ2n) is 7.79. The molecule has 0 spiro atoms. The minimum Gasteiger partial charge on any atom is -0.490 e. The van der Waals surface area contributed by atoms with Gasteiger partial charge in [-0.3, -0.25) is 4.79 Å². The van der Waals surface area contributed by atoms with Crippen molar-refractivity contribution in [2.24, 2.45) is 0 Å². The standard InChI is InChI=1S/C21H19ClF3IN2O3/c22-11-7-14(24)20(15(25)8-11)28-5-3-21(30,4-6-28)10-31-16-9-13(23)18(26)19-12(16)1-2-17(29)27-19/h7-9,30H,1-6,10H2,(H,27,29). The van der Waals surface area contributed by atoms with Gasteiger partial charge in [0.25, 0.3) is 0 Å². The summed E-state index contributed by atoms with van der Waals surface area (Å²) in [6.45, 7) is 0.321. The molecule has 1 fully saturated rings. The van der Waals surface area contributed by atoms with E-state index >= 15 is 0 Å². The fraction of sp³-hybridized carbons (Fsp3) is 0.381. The van der Waals surface area contributed by atoms with Crippen LogP contribution in [0.5, 0.6) is 5.75 Å². The number of rotatable bonds is 4. The molecule has 1 saturated heterocycles. The highest BCUT2D eigenvalue weighted by Gasteiger charge is 2.35. The van der Waals surface area contributed by atoms with E-state index in [1.165, 1.54) is 11.0 Å². The molecule has 31 heavy (non-hydrogen) atoms. The number of amides is 1. The van der Waals surface area contributed by atoms with Crippen LogP contribution in [0.15, 0.2) is 18.2 Å². The van der Waals surface area contributed by atoms with Gasteiger partial charge in [-0.2, -0.15) is 0 Å². The molecule has 0 saturated carbocycles. The van der Waals surface area contributed by atoms with Crippen molar-refractivity contribution in [1.82, 2.24) is 0 Å². The summed E-state index contributed by atoms with van der Waals surface area (Å²) in [4.78, 5) is 13.2. The summed E-state index contributed by atoms with van der Waals surface area (Å²) < 4.78 is 48.8. The number of piperidine rings is 1. The predicted octanol–water partition coefficient (Wildman–Crippen LogP) is 4.66. The topological polar surface area (TPSA) is 61.8 Å². The predicted molar refractivity (Wildman–Crippen MR) is 119 cm³/mol. The van der Waals surface area contributed by atoms with Gasteiger partial charge in [0.2, 0.25) is 5.91 Å². The Labute approximate surface area is 195 Å². The van der Waals surface area contributed by atoms with Crippen molar-refractivity contribution < 1.29 is 27.8 Å². The lowest BCUT2D eigenvalue weighted by Gasteiger charge is -2.39. The number of fused-ring (bicyclic) bond motifs is 1. The van der Waals surface area contributed by atoms with Crippen molar-refractivity contribution in [2.45, 2.75) is 31.3 Å². The minimum atomic E-state index is -1.24. The summed E-state index contributed by atoms with van der Waals surface area (Å²) >= 11 is 7.51. The van der Waals surface area contributed by atoms with E-state index in [1.54, 1.807) is 0 Å². The lowest BCUT2D eigenvalue weighted by molar-refractivity contribution is -0.116. The summed E-state index contributed by atoms with van der Waals surface area (Å²) in [6, 6.07) is 3.36. The normalized spacial score (nSPS) is 17.9. The fourth-order valence-electron chi connectivity index (χ4n) is 3.93. The summed E-state index contributed by atoms with van der Waals surface area (Å²) in [5.74, 6) is -1.94. The van der Waals surface area contributed by atoms with Crippen molar-refractivity contribution in [1.29, 1.82) is 0 Å². The highest BCUT2D eigenvalue weighted by Crippen LogP contribution is 2.38. The van der Waals surface area contributed by atoms with Gasteiger partial charge in [0, 0.05) is 36.2 Å². The average Bonchev–Trinajstić information content (AvgIpc) is 2.70. The molecule has 2 heterocycles.